The maximum Gasteiger partial charge on any atom is 0.163 e. The molecule has 3 aromatic rings. The fourth-order valence-corrected chi connectivity index (χ4v) is 4.03. The number of hydrogen-bond donors (Lipinski definition) is 2. The number of aromatic nitrogens is 1. The second-order valence-corrected chi connectivity index (χ2v) is 9.86. The van der Waals surface area contributed by atoms with Gasteiger partial charge in [0.1, 0.15) is 29.5 Å². The van der Waals surface area contributed by atoms with Gasteiger partial charge in [-0.05, 0) is 74.7 Å². The fraction of sp³-hybridized carbons (Fsp3) is 0.357. The average molecular weight is 530 g/mol. The number of benzene rings is 2. The highest BCUT2D eigenvalue weighted by Gasteiger charge is 2.41. The molecule has 0 saturated heterocycles. The van der Waals surface area contributed by atoms with Crippen molar-refractivity contribution in [1.82, 2.24) is 4.98 Å². The van der Waals surface area contributed by atoms with Crippen LogP contribution in [0.2, 0.25) is 5.02 Å². The lowest BCUT2D eigenvalue weighted by Crippen LogP contribution is -2.24. The van der Waals surface area contributed by atoms with E-state index in [1.807, 2.05) is 0 Å². The van der Waals surface area contributed by atoms with Crippen LogP contribution in [-0.2, 0) is 5.60 Å². The maximum absolute atomic E-state index is 13.7. The van der Waals surface area contributed by atoms with E-state index >= 15 is 0 Å². The largest absolute Gasteiger partial charge is 0.494 e. The van der Waals surface area contributed by atoms with Crippen LogP contribution in [0.3, 0.4) is 0 Å². The summed E-state index contributed by atoms with van der Waals surface area (Å²) in [6.07, 6.45) is 1.55. The van der Waals surface area contributed by atoms with Gasteiger partial charge in [-0.3, -0.25) is 4.79 Å². The van der Waals surface area contributed by atoms with Gasteiger partial charge in [0.05, 0.1) is 30.5 Å². The van der Waals surface area contributed by atoms with Crippen molar-refractivity contribution in [2.75, 3.05) is 20.8 Å². The van der Waals surface area contributed by atoms with Crippen LogP contribution in [0.15, 0.2) is 48.5 Å². The van der Waals surface area contributed by atoms with Crippen LogP contribution in [0, 0.1) is 5.82 Å². The third kappa shape index (κ3) is 6.21. The van der Waals surface area contributed by atoms with Crippen LogP contribution in [0.5, 0.6) is 17.2 Å². The molecular weight excluding hydrogens is 501 g/mol. The lowest BCUT2D eigenvalue weighted by Gasteiger charge is -2.24. The Kier molecular flexibility index (Phi) is 7.73. The van der Waals surface area contributed by atoms with E-state index in [1.54, 1.807) is 37.3 Å². The van der Waals surface area contributed by atoms with Gasteiger partial charge in [-0.25, -0.2) is 9.37 Å². The summed E-state index contributed by atoms with van der Waals surface area (Å²) in [5, 5.41) is 21.1. The predicted molar refractivity (Wildman–Crippen MR) is 137 cm³/mol. The number of pyridine rings is 1. The number of halogens is 2. The summed E-state index contributed by atoms with van der Waals surface area (Å²) in [5.74, 6) is 0.525. The summed E-state index contributed by atoms with van der Waals surface area (Å²) in [7, 11) is 2.97. The van der Waals surface area contributed by atoms with Crippen molar-refractivity contribution in [3.8, 4) is 28.5 Å². The number of methoxy groups -OCH3 is 2. The molecule has 0 bridgehead atoms. The summed E-state index contributed by atoms with van der Waals surface area (Å²) >= 11 is 5.94. The van der Waals surface area contributed by atoms with Gasteiger partial charge in [-0.15, -0.1) is 0 Å². The minimum Gasteiger partial charge on any atom is -0.494 e. The predicted octanol–water partition coefficient (Wildman–Crippen LogP) is 5.33. The Bertz CT molecular complexity index is 1310. The van der Waals surface area contributed by atoms with Crippen LogP contribution < -0.4 is 14.2 Å². The van der Waals surface area contributed by atoms with E-state index in [0.717, 1.165) is 0 Å². The van der Waals surface area contributed by atoms with E-state index in [2.05, 4.69) is 4.98 Å². The van der Waals surface area contributed by atoms with Gasteiger partial charge < -0.3 is 24.4 Å². The van der Waals surface area contributed by atoms with E-state index in [1.165, 1.54) is 32.4 Å². The van der Waals surface area contributed by atoms with Crippen LogP contribution in [0.25, 0.3) is 11.3 Å². The number of hydrogen-bond acceptors (Lipinski definition) is 7. The van der Waals surface area contributed by atoms with Crippen molar-refractivity contribution in [2.45, 2.75) is 43.8 Å². The highest BCUT2D eigenvalue weighted by molar-refractivity contribution is 6.31. The molecule has 1 fully saturated rings. The van der Waals surface area contributed by atoms with Crippen LogP contribution in [0.1, 0.15) is 48.7 Å². The SMILES string of the molecule is COc1cc(C(=O)CCC(C)(O)c2ccc(OC)c(-c3ccc(F)c(Cl)c3)n2)ccc1OCC1(O)CC1. The zero-order chi connectivity index (χ0) is 26.8. The van der Waals surface area contributed by atoms with Gasteiger partial charge in [-0.1, -0.05) is 11.6 Å². The number of ether oxygens (including phenoxy) is 3. The van der Waals surface area contributed by atoms with E-state index < -0.39 is 17.0 Å². The molecule has 196 valence electrons. The Morgan fingerprint density at radius 3 is 2.43 bits per heavy atom. The third-order valence-corrected chi connectivity index (χ3v) is 6.76. The number of nitrogens with zero attached hydrogens (tertiary/aromatic N) is 1. The van der Waals surface area contributed by atoms with Crippen LogP contribution >= 0.6 is 11.6 Å². The number of rotatable bonds is 11. The summed E-state index contributed by atoms with van der Waals surface area (Å²) in [6, 6.07) is 12.4. The first-order chi connectivity index (χ1) is 17.5. The minimum absolute atomic E-state index is 0.0432. The molecule has 4 rings (SSSR count). The molecule has 0 spiro atoms. The van der Waals surface area contributed by atoms with Gasteiger partial charge in [0.2, 0.25) is 0 Å². The van der Waals surface area contributed by atoms with Gasteiger partial charge in [0.15, 0.2) is 17.3 Å². The van der Waals surface area contributed by atoms with Crippen LogP contribution in [0.4, 0.5) is 4.39 Å². The van der Waals surface area contributed by atoms with Crippen molar-refractivity contribution in [2.24, 2.45) is 0 Å². The minimum atomic E-state index is -1.44. The molecule has 9 heteroatoms. The Morgan fingerprint density at radius 1 is 1.08 bits per heavy atom. The second-order valence-electron chi connectivity index (χ2n) is 9.45. The number of ketones is 1. The molecule has 1 heterocycles. The molecule has 1 saturated carbocycles. The molecule has 1 aromatic heterocycles. The zero-order valence-corrected chi connectivity index (χ0v) is 21.6. The Balaban J connectivity index is 1.48. The van der Waals surface area contributed by atoms with Gasteiger partial charge in [0, 0.05) is 17.5 Å². The summed E-state index contributed by atoms with van der Waals surface area (Å²) in [6.45, 7) is 1.75. The third-order valence-electron chi connectivity index (χ3n) is 6.47. The topological polar surface area (TPSA) is 98.1 Å². The molecule has 1 aliphatic rings. The summed E-state index contributed by atoms with van der Waals surface area (Å²) in [5.41, 5.74) is -0.549. The fourth-order valence-electron chi connectivity index (χ4n) is 3.85. The van der Waals surface area contributed by atoms with Gasteiger partial charge >= 0.3 is 0 Å². The van der Waals surface area contributed by atoms with E-state index in [-0.39, 0.29) is 30.3 Å². The number of Topliss-reactive ketones (excluding diaryl/α,β-unsaturated/α-hetero) is 1. The first kappa shape index (κ1) is 26.9. The monoisotopic (exact) mass is 529 g/mol. The molecule has 0 aliphatic heterocycles. The van der Waals surface area contributed by atoms with Crippen molar-refractivity contribution >= 4 is 17.4 Å². The molecule has 1 atom stereocenters. The first-order valence-corrected chi connectivity index (χ1v) is 12.2. The molecule has 0 radical (unpaired) electrons. The van der Waals surface area contributed by atoms with Gasteiger partial charge in [-0.2, -0.15) is 0 Å². The van der Waals surface area contributed by atoms with E-state index in [9.17, 15) is 19.4 Å². The number of carbonyl (C=O) groups excluding carboxylic acids is 1. The number of carbonyl (C=O) groups is 1. The second kappa shape index (κ2) is 10.7. The number of aliphatic hydroxyl groups is 2. The molecule has 7 nitrogen and oxygen atoms in total. The molecule has 1 aliphatic carbocycles. The van der Waals surface area contributed by atoms with Crippen molar-refractivity contribution < 1.29 is 33.6 Å². The lowest BCUT2D eigenvalue weighted by atomic mass is 9.92. The maximum atomic E-state index is 13.7. The normalized spacial score (nSPS) is 15.5. The van der Waals surface area contributed by atoms with E-state index in [0.29, 0.717) is 52.6 Å². The van der Waals surface area contributed by atoms with E-state index in [4.69, 9.17) is 25.8 Å². The lowest BCUT2D eigenvalue weighted by molar-refractivity contribution is 0.0397. The summed E-state index contributed by atoms with van der Waals surface area (Å²) < 4.78 is 30.1. The standard InChI is InChI=1S/C28H29ClFNO6/c1-27(33,25-9-8-23(35-2)26(31-25)18-4-6-20(30)19(29)14-18)11-10-21(32)17-5-7-22(24(15-17)36-3)37-16-28(34)12-13-28/h4-9,14-15,33-34H,10-13,16H2,1-3H3. The van der Waals surface area contributed by atoms with Crippen LogP contribution in [-0.4, -0.2) is 47.4 Å². The molecule has 2 aromatic carbocycles. The van der Waals surface area contributed by atoms with Crippen molar-refractivity contribution in [3.63, 3.8) is 0 Å². The Morgan fingerprint density at radius 2 is 1.78 bits per heavy atom. The molecular formula is C28H29ClFNO6. The average Bonchev–Trinajstić information content (AvgIpc) is 3.64. The Labute approximate surface area is 219 Å². The zero-order valence-electron chi connectivity index (χ0n) is 20.9. The van der Waals surface area contributed by atoms with Crippen molar-refractivity contribution in [1.29, 1.82) is 0 Å². The summed E-state index contributed by atoms with van der Waals surface area (Å²) in [4.78, 5) is 17.5. The highest BCUT2D eigenvalue weighted by Crippen LogP contribution is 2.38. The smallest absolute Gasteiger partial charge is 0.163 e. The first-order valence-electron chi connectivity index (χ1n) is 11.8. The molecule has 37 heavy (non-hydrogen) atoms. The molecule has 0 amide bonds. The Hall–Kier alpha value is -3.20. The van der Waals surface area contributed by atoms with Gasteiger partial charge in [0.25, 0.3) is 0 Å². The highest BCUT2D eigenvalue weighted by atomic mass is 35.5. The molecule has 1 unspecified atom stereocenters. The molecule has 2 N–H and O–H groups in total. The quantitative estimate of drug-likeness (QED) is 0.324. The van der Waals surface area contributed by atoms with Crippen molar-refractivity contribution in [3.05, 3.63) is 70.6 Å².